The molecule has 0 amide bonds. The van der Waals surface area contributed by atoms with E-state index in [0.29, 0.717) is 0 Å². The van der Waals surface area contributed by atoms with Gasteiger partial charge in [0, 0.05) is 21.0 Å². The number of aromatic nitrogens is 2. The van der Waals surface area contributed by atoms with Crippen LogP contribution in [0.15, 0.2) is 72.0 Å². The van der Waals surface area contributed by atoms with Gasteiger partial charge in [0.1, 0.15) is 16.2 Å². The normalized spacial score (nSPS) is 11.0. The summed E-state index contributed by atoms with van der Waals surface area (Å²) >= 11 is 9.48. The molecule has 24 heavy (non-hydrogen) atoms. The summed E-state index contributed by atoms with van der Waals surface area (Å²) in [6, 6.07) is 20.5. The van der Waals surface area contributed by atoms with Gasteiger partial charge in [-0.25, -0.2) is 9.97 Å². The molecular weight excluding hydrogens is 356 g/mol. The van der Waals surface area contributed by atoms with Crippen LogP contribution in [0.4, 0.5) is 0 Å². The third-order valence-electron chi connectivity index (χ3n) is 3.62. The molecule has 0 atom stereocenters. The molecule has 4 rings (SSSR count). The van der Waals surface area contributed by atoms with Crippen LogP contribution in [0.2, 0.25) is 5.02 Å². The molecule has 2 nitrogen and oxygen atoms in total. The molecule has 2 aromatic carbocycles. The van der Waals surface area contributed by atoms with Gasteiger partial charge in [-0.05, 0) is 29.3 Å². The molecule has 0 spiro atoms. The van der Waals surface area contributed by atoms with Crippen molar-refractivity contribution in [2.75, 3.05) is 0 Å². The molecular formula is C19H13ClN2S2. The zero-order valence-corrected chi connectivity index (χ0v) is 15.0. The van der Waals surface area contributed by atoms with Crippen molar-refractivity contribution in [3.63, 3.8) is 0 Å². The van der Waals surface area contributed by atoms with Crippen LogP contribution in [0, 0.1) is 0 Å². The number of halogens is 1. The Bertz CT molecular complexity index is 983. The SMILES string of the molecule is Clc1cccc(CSc2ncnc3sc(-c4ccccc4)cc23)c1. The van der Waals surface area contributed by atoms with Crippen molar-refractivity contribution in [1.29, 1.82) is 0 Å². The van der Waals surface area contributed by atoms with Gasteiger partial charge in [-0.2, -0.15) is 0 Å². The number of nitrogens with zero attached hydrogens (tertiary/aromatic N) is 2. The van der Waals surface area contributed by atoms with Crippen molar-refractivity contribution in [2.24, 2.45) is 0 Å². The van der Waals surface area contributed by atoms with Crippen molar-refractivity contribution < 1.29 is 0 Å². The molecule has 0 aliphatic rings. The maximum absolute atomic E-state index is 6.06. The van der Waals surface area contributed by atoms with Crippen LogP contribution in [0.3, 0.4) is 0 Å². The lowest BCUT2D eigenvalue weighted by Crippen LogP contribution is -1.85. The number of rotatable bonds is 4. The first-order valence-electron chi connectivity index (χ1n) is 7.47. The molecule has 0 fully saturated rings. The Morgan fingerprint density at radius 3 is 2.67 bits per heavy atom. The highest BCUT2D eigenvalue weighted by molar-refractivity contribution is 7.98. The van der Waals surface area contributed by atoms with Gasteiger partial charge in [-0.3, -0.25) is 0 Å². The van der Waals surface area contributed by atoms with E-state index in [1.165, 1.54) is 16.0 Å². The van der Waals surface area contributed by atoms with Crippen molar-refractivity contribution in [2.45, 2.75) is 10.8 Å². The van der Waals surface area contributed by atoms with Gasteiger partial charge >= 0.3 is 0 Å². The summed E-state index contributed by atoms with van der Waals surface area (Å²) in [6.07, 6.45) is 1.65. The molecule has 0 radical (unpaired) electrons. The molecule has 0 saturated carbocycles. The number of thioether (sulfide) groups is 1. The third kappa shape index (κ3) is 3.31. The quantitative estimate of drug-likeness (QED) is 0.312. The third-order valence-corrected chi connectivity index (χ3v) is 6.02. The van der Waals surface area contributed by atoms with Crippen LogP contribution in [0.25, 0.3) is 20.7 Å². The lowest BCUT2D eigenvalue weighted by molar-refractivity contribution is 1.11. The maximum atomic E-state index is 6.06. The number of fused-ring (bicyclic) bond motifs is 1. The Morgan fingerprint density at radius 2 is 1.83 bits per heavy atom. The molecule has 2 heterocycles. The maximum Gasteiger partial charge on any atom is 0.128 e. The zero-order valence-electron chi connectivity index (χ0n) is 12.6. The summed E-state index contributed by atoms with van der Waals surface area (Å²) in [6.45, 7) is 0. The fourth-order valence-corrected chi connectivity index (χ4v) is 4.67. The Balaban J connectivity index is 1.65. The number of thiophene rings is 1. The second-order valence-electron chi connectivity index (χ2n) is 5.29. The zero-order chi connectivity index (χ0) is 16.4. The van der Waals surface area contributed by atoms with Gasteiger partial charge in [0.05, 0.1) is 0 Å². The van der Waals surface area contributed by atoms with Crippen LogP contribution in [-0.2, 0) is 5.75 Å². The standard InChI is InChI=1S/C19H13ClN2S2/c20-15-8-4-5-13(9-15)11-23-18-16-10-17(14-6-2-1-3-7-14)24-19(16)22-12-21-18/h1-10,12H,11H2. The van der Waals surface area contributed by atoms with Crippen molar-refractivity contribution in [1.82, 2.24) is 9.97 Å². The number of benzene rings is 2. The molecule has 2 aromatic heterocycles. The fourth-order valence-electron chi connectivity index (χ4n) is 2.47. The molecule has 0 aliphatic heterocycles. The molecule has 0 aliphatic carbocycles. The Hall–Kier alpha value is -1.88. The molecule has 5 heteroatoms. The summed E-state index contributed by atoms with van der Waals surface area (Å²) in [4.78, 5) is 11.2. The predicted molar refractivity (Wildman–Crippen MR) is 104 cm³/mol. The largest absolute Gasteiger partial charge is 0.229 e. The summed E-state index contributed by atoms with van der Waals surface area (Å²) in [5, 5.41) is 2.90. The summed E-state index contributed by atoms with van der Waals surface area (Å²) in [7, 11) is 0. The van der Waals surface area contributed by atoms with Crippen LogP contribution in [0.5, 0.6) is 0 Å². The van der Waals surface area contributed by atoms with E-state index in [0.717, 1.165) is 26.0 Å². The second-order valence-corrected chi connectivity index (χ2v) is 7.72. The van der Waals surface area contributed by atoms with Crippen molar-refractivity contribution in [3.05, 3.63) is 77.6 Å². The Labute approximate surface area is 153 Å². The Morgan fingerprint density at radius 1 is 0.958 bits per heavy atom. The smallest absolute Gasteiger partial charge is 0.128 e. The predicted octanol–water partition coefficient (Wildman–Crippen LogP) is 6.30. The highest BCUT2D eigenvalue weighted by Gasteiger charge is 2.10. The Kier molecular flexibility index (Phi) is 4.52. The van der Waals surface area contributed by atoms with Gasteiger partial charge < -0.3 is 0 Å². The van der Waals surface area contributed by atoms with Gasteiger partial charge in [0.2, 0.25) is 0 Å². The van der Waals surface area contributed by atoms with E-state index in [1.807, 2.05) is 24.3 Å². The van der Waals surface area contributed by atoms with Crippen molar-refractivity contribution in [3.8, 4) is 10.4 Å². The second kappa shape index (κ2) is 6.93. The van der Waals surface area contributed by atoms with E-state index in [4.69, 9.17) is 11.6 Å². The monoisotopic (exact) mass is 368 g/mol. The van der Waals surface area contributed by atoms with E-state index in [9.17, 15) is 0 Å². The lowest BCUT2D eigenvalue weighted by atomic mass is 10.2. The average molecular weight is 369 g/mol. The van der Waals surface area contributed by atoms with E-state index < -0.39 is 0 Å². The van der Waals surface area contributed by atoms with Gasteiger partial charge in [-0.1, -0.05) is 54.1 Å². The lowest BCUT2D eigenvalue weighted by Gasteiger charge is -2.02. The van der Waals surface area contributed by atoms with E-state index in [2.05, 4.69) is 46.4 Å². The van der Waals surface area contributed by atoms with E-state index in [-0.39, 0.29) is 0 Å². The minimum absolute atomic E-state index is 0.767. The highest BCUT2D eigenvalue weighted by Crippen LogP contribution is 2.36. The first-order chi connectivity index (χ1) is 11.8. The van der Waals surface area contributed by atoms with Crippen LogP contribution in [-0.4, -0.2) is 9.97 Å². The molecule has 118 valence electrons. The summed E-state index contributed by atoms with van der Waals surface area (Å²) < 4.78 is 0. The molecule has 0 bridgehead atoms. The van der Waals surface area contributed by atoms with Crippen LogP contribution >= 0.6 is 34.7 Å². The van der Waals surface area contributed by atoms with Crippen LogP contribution < -0.4 is 0 Å². The first-order valence-corrected chi connectivity index (χ1v) is 9.65. The molecule has 0 N–H and O–H groups in total. The topological polar surface area (TPSA) is 25.8 Å². The van der Waals surface area contributed by atoms with Gasteiger partial charge in [0.15, 0.2) is 0 Å². The molecule has 0 unspecified atom stereocenters. The highest BCUT2D eigenvalue weighted by atomic mass is 35.5. The number of hydrogen-bond donors (Lipinski definition) is 0. The van der Waals surface area contributed by atoms with E-state index >= 15 is 0 Å². The average Bonchev–Trinajstić information content (AvgIpc) is 3.06. The number of hydrogen-bond acceptors (Lipinski definition) is 4. The molecule has 0 saturated heterocycles. The summed E-state index contributed by atoms with van der Waals surface area (Å²) in [5.41, 5.74) is 2.41. The van der Waals surface area contributed by atoms with Gasteiger partial charge in [-0.15, -0.1) is 23.1 Å². The fraction of sp³-hybridized carbons (Fsp3) is 0.0526. The van der Waals surface area contributed by atoms with Crippen LogP contribution in [0.1, 0.15) is 5.56 Å². The summed E-state index contributed by atoms with van der Waals surface area (Å²) in [5.74, 6) is 0.836. The minimum atomic E-state index is 0.767. The van der Waals surface area contributed by atoms with E-state index in [1.54, 1.807) is 29.4 Å². The van der Waals surface area contributed by atoms with Gasteiger partial charge in [0.25, 0.3) is 0 Å². The van der Waals surface area contributed by atoms with Crippen molar-refractivity contribution >= 4 is 44.9 Å². The minimum Gasteiger partial charge on any atom is -0.229 e. The molecule has 4 aromatic rings. The first kappa shape index (κ1) is 15.6.